The van der Waals surface area contributed by atoms with Gasteiger partial charge in [-0.1, -0.05) is 19.3 Å². The van der Waals surface area contributed by atoms with Crippen molar-refractivity contribution in [3.05, 3.63) is 18.2 Å². The summed E-state index contributed by atoms with van der Waals surface area (Å²) in [5.41, 5.74) is 6.84. The molecule has 6 nitrogen and oxygen atoms in total. The van der Waals surface area contributed by atoms with Gasteiger partial charge in [-0.05, 0) is 37.5 Å². The largest absolute Gasteiger partial charge is 0.495 e. The third-order valence-corrected chi connectivity index (χ3v) is 5.00. The van der Waals surface area contributed by atoms with Crippen molar-refractivity contribution in [1.29, 1.82) is 0 Å². The molecule has 0 radical (unpaired) electrons. The fraction of sp³-hybridized carbons (Fsp3) is 0.556. The SMILES string of the molecule is COc1ccc(NC(=O)C2(N)CCCCC2)cc1N1CCCC1=O.Cl. The molecule has 2 amide bonds. The lowest BCUT2D eigenvalue weighted by Gasteiger charge is -2.32. The first-order valence-corrected chi connectivity index (χ1v) is 8.62. The number of hydrogen-bond acceptors (Lipinski definition) is 4. The van der Waals surface area contributed by atoms with Gasteiger partial charge >= 0.3 is 0 Å². The van der Waals surface area contributed by atoms with Gasteiger partial charge < -0.3 is 20.7 Å². The van der Waals surface area contributed by atoms with Gasteiger partial charge in [0.2, 0.25) is 11.8 Å². The maximum atomic E-state index is 12.6. The van der Waals surface area contributed by atoms with Crippen molar-refractivity contribution in [3.63, 3.8) is 0 Å². The topological polar surface area (TPSA) is 84.7 Å². The smallest absolute Gasteiger partial charge is 0.244 e. The number of nitrogens with one attached hydrogen (secondary N) is 1. The van der Waals surface area contributed by atoms with Gasteiger partial charge in [-0.2, -0.15) is 0 Å². The van der Waals surface area contributed by atoms with E-state index in [2.05, 4.69) is 5.32 Å². The molecule has 138 valence electrons. The molecule has 1 aromatic carbocycles. The number of amides is 2. The van der Waals surface area contributed by atoms with Gasteiger partial charge in [0, 0.05) is 18.7 Å². The van der Waals surface area contributed by atoms with Crippen molar-refractivity contribution in [2.75, 3.05) is 23.9 Å². The van der Waals surface area contributed by atoms with Crippen LogP contribution < -0.4 is 20.7 Å². The number of anilines is 2. The van der Waals surface area contributed by atoms with Crippen molar-refractivity contribution in [2.24, 2.45) is 5.73 Å². The number of nitrogens with two attached hydrogens (primary N) is 1. The van der Waals surface area contributed by atoms with Crippen LogP contribution >= 0.6 is 12.4 Å². The van der Waals surface area contributed by atoms with Crippen LogP contribution in [-0.2, 0) is 9.59 Å². The van der Waals surface area contributed by atoms with Crippen LogP contribution in [0.25, 0.3) is 0 Å². The Balaban J connectivity index is 0.00000225. The molecule has 0 aromatic heterocycles. The molecule has 7 heteroatoms. The molecule has 2 aliphatic rings. The second-order valence-electron chi connectivity index (χ2n) is 6.71. The molecule has 0 unspecified atom stereocenters. The van der Waals surface area contributed by atoms with Crippen LogP contribution in [0.4, 0.5) is 11.4 Å². The first-order valence-electron chi connectivity index (χ1n) is 8.62. The van der Waals surface area contributed by atoms with Gasteiger partial charge in [0.15, 0.2) is 0 Å². The molecule has 1 saturated heterocycles. The van der Waals surface area contributed by atoms with Crippen LogP contribution in [0.1, 0.15) is 44.9 Å². The average molecular weight is 368 g/mol. The Kier molecular flexibility index (Phi) is 6.30. The fourth-order valence-electron chi connectivity index (χ4n) is 3.55. The van der Waals surface area contributed by atoms with Crippen LogP contribution in [0.15, 0.2) is 18.2 Å². The molecule has 25 heavy (non-hydrogen) atoms. The van der Waals surface area contributed by atoms with Crippen molar-refractivity contribution in [1.82, 2.24) is 0 Å². The highest BCUT2D eigenvalue weighted by Crippen LogP contribution is 2.34. The minimum atomic E-state index is -0.790. The maximum absolute atomic E-state index is 12.6. The van der Waals surface area contributed by atoms with E-state index in [0.717, 1.165) is 25.7 Å². The van der Waals surface area contributed by atoms with Crippen molar-refractivity contribution >= 4 is 35.6 Å². The number of methoxy groups -OCH3 is 1. The molecule has 0 atom stereocenters. The normalized spacial score (nSPS) is 19.3. The lowest BCUT2D eigenvalue weighted by molar-refractivity contribution is -0.122. The van der Waals surface area contributed by atoms with Crippen molar-refractivity contribution < 1.29 is 14.3 Å². The summed E-state index contributed by atoms with van der Waals surface area (Å²) in [4.78, 5) is 26.3. The second kappa shape index (κ2) is 8.06. The number of rotatable bonds is 4. The Morgan fingerprint density at radius 1 is 1.24 bits per heavy atom. The number of hydrogen-bond donors (Lipinski definition) is 2. The Labute approximate surface area is 154 Å². The van der Waals surface area contributed by atoms with E-state index < -0.39 is 5.54 Å². The Bertz CT molecular complexity index is 644. The summed E-state index contributed by atoms with van der Waals surface area (Å²) in [6, 6.07) is 5.36. The summed E-state index contributed by atoms with van der Waals surface area (Å²) in [7, 11) is 1.58. The highest BCUT2D eigenvalue weighted by molar-refractivity contribution is 6.00. The van der Waals surface area contributed by atoms with Gasteiger partial charge in [-0.25, -0.2) is 0 Å². The van der Waals surface area contributed by atoms with Crippen LogP contribution in [0.2, 0.25) is 0 Å². The van der Waals surface area contributed by atoms with E-state index in [-0.39, 0.29) is 24.2 Å². The first kappa shape index (κ1) is 19.5. The molecule has 1 aromatic rings. The maximum Gasteiger partial charge on any atom is 0.244 e. The molecule has 0 spiro atoms. The van der Waals surface area contributed by atoms with Gasteiger partial charge in [0.1, 0.15) is 5.75 Å². The first-order chi connectivity index (χ1) is 11.5. The Morgan fingerprint density at radius 3 is 2.56 bits per heavy atom. The molecule has 3 N–H and O–H groups in total. The Morgan fingerprint density at radius 2 is 1.96 bits per heavy atom. The lowest BCUT2D eigenvalue weighted by Crippen LogP contribution is -2.52. The number of nitrogens with zero attached hydrogens (tertiary/aromatic N) is 1. The van der Waals surface area contributed by atoms with E-state index in [0.29, 0.717) is 42.9 Å². The monoisotopic (exact) mass is 367 g/mol. The zero-order valence-corrected chi connectivity index (χ0v) is 15.4. The molecule has 2 fully saturated rings. The van der Waals surface area contributed by atoms with Crippen molar-refractivity contribution in [3.8, 4) is 5.75 Å². The minimum absolute atomic E-state index is 0. The average Bonchev–Trinajstić information content (AvgIpc) is 3.01. The molecular formula is C18H26ClN3O3. The lowest BCUT2D eigenvalue weighted by atomic mass is 9.82. The molecule has 1 aliphatic heterocycles. The number of carbonyl (C=O) groups excluding carboxylic acids is 2. The van der Waals surface area contributed by atoms with Gasteiger partial charge in [0.05, 0.1) is 18.3 Å². The van der Waals surface area contributed by atoms with Crippen LogP contribution in [0.3, 0.4) is 0 Å². The van der Waals surface area contributed by atoms with E-state index >= 15 is 0 Å². The summed E-state index contributed by atoms with van der Waals surface area (Å²) < 4.78 is 5.37. The fourth-order valence-corrected chi connectivity index (χ4v) is 3.55. The van der Waals surface area contributed by atoms with Crippen LogP contribution in [-0.4, -0.2) is 31.0 Å². The standard InChI is InChI=1S/C18H25N3O3.ClH/c1-24-15-8-7-13(12-14(15)21-11-5-6-16(21)22)20-17(23)18(19)9-3-2-4-10-18;/h7-8,12H,2-6,9-11,19H2,1H3,(H,20,23);1H. The molecule has 1 heterocycles. The van der Waals surface area contributed by atoms with Gasteiger partial charge in [-0.15, -0.1) is 12.4 Å². The van der Waals surface area contributed by atoms with Crippen LogP contribution in [0, 0.1) is 0 Å². The number of carbonyl (C=O) groups is 2. The van der Waals surface area contributed by atoms with Crippen molar-refractivity contribution in [2.45, 2.75) is 50.5 Å². The molecule has 3 rings (SSSR count). The van der Waals surface area contributed by atoms with E-state index in [1.807, 2.05) is 0 Å². The highest BCUT2D eigenvalue weighted by atomic mass is 35.5. The predicted molar refractivity (Wildman–Crippen MR) is 100 cm³/mol. The predicted octanol–water partition coefficient (Wildman–Crippen LogP) is 2.84. The minimum Gasteiger partial charge on any atom is -0.495 e. The summed E-state index contributed by atoms with van der Waals surface area (Å²) >= 11 is 0. The molecular weight excluding hydrogens is 342 g/mol. The molecule has 1 saturated carbocycles. The molecule has 1 aliphatic carbocycles. The molecule has 0 bridgehead atoms. The second-order valence-corrected chi connectivity index (χ2v) is 6.71. The van der Waals surface area contributed by atoms with E-state index in [4.69, 9.17) is 10.5 Å². The zero-order chi connectivity index (χ0) is 17.2. The van der Waals surface area contributed by atoms with Gasteiger partial charge in [0.25, 0.3) is 0 Å². The van der Waals surface area contributed by atoms with E-state index in [9.17, 15) is 9.59 Å². The number of halogens is 1. The Hall–Kier alpha value is -1.79. The summed E-state index contributed by atoms with van der Waals surface area (Å²) in [6.45, 7) is 0.674. The number of ether oxygens (including phenoxy) is 1. The third kappa shape index (κ3) is 4.07. The van der Waals surface area contributed by atoms with E-state index in [1.54, 1.807) is 30.2 Å². The number of benzene rings is 1. The third-order valence-electron chi connectivity index (χ3n) is 5.00. The highest BCUT2D eigenvalue weighted by Gasteiger charge is 2.35. The zero-order valence-electron chi connectivity index (χ0n) is 14.5. The summed E-state index contributed by atoms with van der Waals surface area (Å²) in [5, 5.41) is 2.92. The summed E-state index contributed by atoms with van der Waals surface area (Å²) in [5.74, 6) is 0.564. The quantitative estimate of drug-likeness (QED) is 0.856. The van der Waals surface area contributed by atoms with Gasteiger partial charge in [-0.3, -0.25) is 9.59 Å². The van der Waals surface area contributed by atoms with Crippen LogP contribution in [0.5, 0.6) is 5.75 Å². The summed E-state index contributed by atoms with van der Waals surface area (Å²) in [6.07, 6.45) is 5.92. The van der Waals surface area contributed by atoms with E-state index in [1.165, 1.54) is 0 Å².